The van der Waals surface area contributed by atoms with Crippen LogP contribution >= 0.6 is 11.3 Å². The maximum absolute atomic E-state index is 4.90. The van der Waals surface area contributed by atoms with E-state index in [4.69, 9.17) is 9.97 Å². The topological polar surface area (TPSA) is 57.7 Å². The average Bonchev–Trinajstić information content (AvgIpc) is 3.20. The van der Waals surface area contributed by atoms with E-state index < -0.39 is 0 Å². The van der Waals surface area contributed by atoms with Gasteiger partial charge in [0.1, 0.15) is 5.82 Å². The number of hydrogen-bond acceptors (Lipinski definition) is 5. The minimum absolute atomic E-state index is 0.422. The Bertz CT molecular complexity index is 859. The molecule has 0 saturated carbocycles. The number of piperidine rings is 3. The standard InChI is InChI=1S/C17H19N5S/c1-10-12(8-19-21-10)15-7-13-16(23-15)9-18-17(20-13)14-6-11-2-4-22(14)5-3-11/h7-9,11,14H,2-6H2,1H3,(H,19,21)/t14-/m0/s1. The fourth-order valence-corrected chi connectivity index (χ4v) is 5.02. The van der Waals surface area contributed by atoms with Crippen molar-refractivity contribution in [1.82, 2.24) is 25.1 Å². The second-order valence-electron chi connectivity index (χ2n) is 6.73. The van der Waals surface area contributed by atoms with Gasteiger partial charge in [0.25, 0.3) is 0 Å². The number of aromatic amines is 1. The first-order valence-corrected chi connectivity index (χ1v) is 9.10. The molecule has 3 saturated heterocycles. The maximum Gasteiger partial charge on any atom is 0.146 e. The molecule has 118 valence electrons. The number of thiophene rings is 1. The van der Waals surface area contributed by atoms with Crippen LogP contribution in [-0.4, -0.2) is 38.2 Å². The monoisotopic (exact) mass is 325 g/mol. The van der Waals surface area contributed by atoms with Crippen molar-refractivity contribution >= 4 is 21.6 Å². The van der Waals surface area contributed by atoms with E-state index in [0.29, 0.717) is 6.04 Å². The van der Waals surface area contributed by atoms with E-state index in [1.807, 2.05) is 12.4 Å². The van der Waals surface area contributed by atoms with Crippen LogP contribution in [0.3, 0.4) is 0 Å². The molecule has 0 aromatic carbocycles. The first-order chi connectivity index (χ1) is 11.3. The fraction of sp³-hybridized carbons (Fsp3) is 0.471. The van der Waals surface area contributed by atoms with Crippen LogP contribution in [0.1, 0.15) is 36.8 Å². The van der Waals surface area contributed by atoms with Crippen molar-refractivity contribution in [2.24, 2.45) is 5.92 Å². The second-order valence-corrected chi connectivity index (χ2v) is 7.81. The number of hydrogen-bond donors (Lipinski definition) is 1. The zero-order chi connectivity index (χ0) is 15.4. The third-order valence-corrected chi connectivity index (χ3v) is 6.42. The minimum Gasteiger partial charge on any atom is -0.293 e. The average molecular weight is 325 g/mol. The van der Waals surface area contributed by atoms with Crippen LogP contribution in [0.25, 0.3) is 20.7 Å². The lowest BCUT2D eigenvalue weighted by Gasteiger charge is -2.44. The largest absolute Gasteiger partial charge is 0.293 e. The Labute approximate surface area is 138 Å². The molecule has 6 rings (SSSR count). The summed E-state index contributed by atoms with van der Waals surface area (Å²) in [6.45, 7) is 4.47. The Balaban J connectivity index is 1.54. The number of H-pyrrole nitrogens is 1. The number of rotatable bonds is 2. The van der Waals surface area contributed by atoms with Crippen molar-refractivity contribution in [1.29, 1.82) is 0 Å². The van der Waals surface area contributed by atoms with Crippen LogP contribution in [-0.2, 0) is 0 Å². The van der Waals surface area contributed by atoms with Gasteiger partial charge >= 0.3 is 0 Å². The quantitative estimate of drug-likeness (QED) is 0.783. The predicted octanol–water partition coefficient (Wildman–Crippen LogP) is 3.55. The van der Waals surface area contributed by atoms with Crippen LogP contribution in [0.2, 0.25) is 0 Å². The molecule has 1 N–H and O–H groups in total. The summed E-state index contributed by atoms with van der Waals surface area (Å²) in [5.41, 5.74) is 3.33. The van der Waals surface area contributed by atoms with Crippen LogP contribution < -0.4 is 0 Å². The summed E-state index contributed by atoms with van der Waals surface area (Å²) in [6.07, 6.45) is 7.82. The molecule has 0 amide bonds. The molecule has 0 radical (unpaired) electrons. The molecule has 3 fully saturated rings. The van der Waals surface area contributed by atoms with Crippen molar-refractivity contribution in [3.63, 3.8) is 0 Å². The fourth-order valence-electron chi connectivity index (χ4n) is 3.98. The highest BCUT2D eigenvalue weighted by molar-refractivity contribution is 7.22. The number of fused-ring (bicyclic) bond motifs is 4. The van der Waals surface area contributed by atoms with E-state index in [2.05, 4.69) is 28.1 Å². The summed E-state index contributed by atoms with van der Waals surface area (Å²) in [6, 6.07) is 2.60. The molecule has 0 aliphatic carbocycles. The third kappa shape index (κ3) is 2.20. The molecule has 0 unspecified atom stereocenters. The third-order valence-electron chi connectivity index (χ3n) is 5.33. The number of nitrogens with one attached hydrogen (secondary N) is 1. The number of aromatic nitrogens is 4. The molecule has 3 aromatic rings. The van der Waals surface area contributed by atoms with Crippen LogP contribution in [0, 0.1) is 12.8 Å². The Kier molecular flexibility index (Phi) is 3.03. The summed E-state index contributed by atoms with van der Waals surface area (Å²) < 4.78 is 1.15. The summed E-state index contributed by atoms with van der Waals surface area (Å²) in [7, 11) is 0. The van der Waals surface area contributed by atoms with E-state index in [-0.39, 0.29) is 0 Å². The Morgan fingerprint density at radius 1 is 1.26 bits per heavy atom. The van der Waals surface area contributed by atoms with Gasteiger partial charge in [-0.15, -0.1) is 11.3 Å². The molecule has 6 heterocycles. The Hall–Kier alpha value is -1.79. The lowest BCUT2D eigenvalue weighted by Crippen LogP contribution is -2.44. The molecular weight excluding hydrogens is 306 g/mol. The molecule has 3 aromatic heterocycles. The Morgan fingerprint density at radius 2 is 2.13 bits per heavy atom. The van der Waals surface area contributed by atoms with Crippen LogP contribution in [0.15, 0.2) is 18.5 Å². The van der Waals surface area contributed by atoms with E-state index in [1.165, 1.54) is 37.2 Å². The maximum atomic E-state index is 4.90. The van der Waals surface area contributed by atoms with Gasteiger partial charge in [-0.3, -0.25) is 10.00 Å². The zero-order valence-corrected chi connectivity index (χ0v) is 13.9. The molecule has 6 heteroatoms. The molecular formula is C17H19N5S. The van der Waals surface area contributed by atoms with Gasteiger partial charge in [0.2, 0.25) is 0 Å². The number of nitrogens with zero attached hydrogens (tertiary/aromatic N) is 4. The smallest absolute Gasteiger partial charge is 0.146 e. The highest BCUT2D eigenvalue weighted by atomic mass is 32.1. The molecule has 1 atom stereocenters. The van der Waals surface area contributed by atoms with E-state index in [1.54, 1.807) is 11.3 Å². The van der Waals surface area contributed by atoms with Gasteiger partial charge in [0, 0.05) is 22.3 Å². The highest BCUT2D eigenvalue weighted by Crippen LogP contribution is 2.40. The van der Waals surface area contributed by atoms with Gasteiger partial charge < -0.3 is 0 Å². The van der Waals surface area contributed by atoms with Crippen molar-refractivity contribution in [2.75, 3.05) is 13.1 Å². The van der Waals surface area contributed by atoms with Gasteiger partial charge in [-0.25, -0.2) is 9.97 Å². The Morgan fingerprint density at radius 3 is 2.83 bits per heavy atom. The van der Waals surface area contributed by atoms with Crippen molar-refractivity contribution in [3.8, 4) is 10.4 Å². The van der Waals surface area contributed by atoms with Crippen molar-refractivity contribution in [2.45, 2.75) is 32.2 Å². The molecule has 3 aliphatic heterocycles. The molecule has 2 bridgehead atoms. The van der Waals surface area contributed by atoms with Gasteiger partial charge in [0.15, 0.2) is 0 Å². The van der Waals surface area contributed by atoms with Gasteiger partial charge in [0.05, 0.1) is 22.5 Å². The predicted molar refractivity (Wildman–Crippen MR) is 91.4 cm³/mol. The van der Waals surface area contributed by atoms with E-state index in [0.717, 1.165) is 33.2 Å². The normalized spacial score (nSPS) is 26.9. The zero-order valence-electron chi connectivity index (χ0n) is 13.1. The van der Waals surface area contributed by atoms with Crippen molar-refractivity contribution < 1.29 is 0 Å². The highest BCUT2D eigenvalue weighted by Gasteiger charge is 2.35. The molecule has 23 heavy (non-hydrogen) atoms. The van der Waals surface area contributed by atoms with E-state index in [9.17, 15) is 0 Å². The van der Waals surface area contributed by atoms with Crippen molar-refractivity contribution in [3.05, 3.63) is 30.0 Å². The molecule has 3 aliphatic rings. The van der Waals surface area contributed by atoms with Gasteiger partial charge in [-0.2, -0.15) is 5.10 Å². The lowest BCUT2D eigenvalue weighted by atomic mass is 9.83. The summed E-state index contributed by atoms with van der Waals surface area (Å²) in [4.78, 5) is 13.4. The first kappa shape index (κ1) is 13.6. The van der Waals surface area contributed by atoms with Crippen LogP contribution in [0.4, 0.5) is 0 Å². The number of aryl methyl sites for hydroxylation is 1. The minimum atomic E-state index is 0.422. The van der Waals surface area contributed by atoms with Crippen LogP contribution in [0.5, 0.6) is 0 Å². The van der Waals surface area contributed by atoms with E-state index >= 15 is 0 Å². The summed E-state index contributed by atoms with van der Waals surface area (Å²) in [5, 5.41) is 7.13. The summed E-state index contributed by atoms with van der Waals surface area (Å²) in [5.74, 6) is 1.88. The second kappa shape index (κ2) is 5.11. The molecule has 0 spiro atoms. The lowest BCUT2D eigenvalue weighted by molar-refractivity contribution is 0.0446. The first-order valence-electron chi connectivity index (χ1n) is 8.29. The van der Waals surface area contributed by atoms with Gasteiger partial charge in [-0.1, -0.05) is 0 Å². The summed E-state index contributed by atoms with van der Waals surface area (Å²) >= 11 is 1.74. The SMILES string of the molecule is Cc1[nH]ncc1-c1cc2nc([C@@H]3CC4CCN3CC4)ncc2s1. The van der Waals surface area contributed by atoms with Gasteiger partial charge in [-0.05, 0) is 51.3 Å². The molecule has 5 nitrogen and oxygen atoms in total.